The molecule has 152 valence electrons. The third-order valence-corrected chi connectivity index (χ3v) is 5.86. The second-order valence-corrected chi connectivity index (χ2v) is 7.80. The van der Waals surface area contributed by atoms with Crippen molar-refractivity contribution in [3.63, 3.8) is 0 Å². The van der Waals surface area contributed by atoms with Crippen LogP contribution in [0.1, 0.15) is 33.0 Å². The summed E-state index contributed by atoms with van der Waals surface area (Å²) >= 11 is 6.31. The van der Waals surface area contributed by atoms with Gasteiger partial charge < -0.3 is 9.13 Å². The van der Waals surface area contributed by atoms with Crippen LogP contribution in [0.4, 0.5) is 0 Å². The number of aromatic nitrogens is 2. The molecule has 0 unspecified atom stereocenters. The molecule has 0 atom stereocenters. The topological polar surface area (TPSA) is 51.3 Å². The molecule has 0 bridgehead atoms. The number of hydrogen-bond donors (Lipinski definition) is 1. The molecule has 2 aromatic heterocycles. The van der Waals surface area contributed by atoms with Crippen molar-refractivity contribution >= 4 is 34.6 Å². The molecule has 0 aliphatic carbocycles. The summed E-state index contributed by atoms with van der Waals surface area (Å²) in [5.74, 6) is -0.349. The molecule has 5 nitrogen and oxygen atoms in total. The average molecular weight is 419 g/mol. The fourth-order valence-corrected chi connectivity index (χ4v) is 4.03. The van der Waals surface area contributed by atoms with Crippen molar-refractivity contribution < 1.29 is 4.79 Å². The van der Waals surface area contributed by atoms with E-state index in [4.69, 9.17) is 11.6 Å². The van der Waals surface area contributed by atoms with Crippen LogP contribution in [-0.2, 0) is 7.05 Å². The van der Waals surface area contributed by atoms with E-state index in [-0.39, 0.29) is 5.91 Å². The van der Waals surface area contributed by atoms with Gasteiger partial charge in [0.15, 0.2) is 0 Å². The molecule has 0 aliphatic heterocycles. The molecule has 6 heteroatoms. The molecule has 1 N–H and O–H groups in total. The van der Waals surface area contributed by atoms with E-state index in [0.29, 0.717) is 10.6 Å². The summed E-state index contributed by atoms with van der Waals surface area (Å²) in [4.78, 5) is 12.8. The number of carbonyl (C=O) groups excluding carboxylic acids is 1. The van der Waals surface area contributed by atoms with Crippen LogP contribution < -0.4 is 5.43 Å². The molecule has 0 spiro atoms. The van der Waals surface area contributed by atoms with Gasteiger partial charge in [-0.15, -0.1) is 0 Å². The number of fused-ring (bicyclic) bond motifs is 1. The van der Waals surface area contributed by atoms with Crippen LogP contribution in [0.25, 0.3) is 16.6 Å². The number of halogens is 1. The number of rotatable bonds is 4. The highest BCUT2D eigenvalue weighted by atomic mass is 35.5. The van der Waals surface area contributed by atoms with E-state index in [1.54, 1.807) is 18.3 Å². The largest absolute Gasteiger partial charge is 0.347 e. The molecule has 30 heavy (non-hydrogen) atoms. The predicted molar refractivity (Wildman–Crippen MR) is 123 cm³/mol. The van der Waals surface area contributed by atoms with Crippen molar-refractivity contribution in [3.8, 4) is 5.69 Å². The van der Waals surface area contributed by atoms with Crippen molar-refractivity contribution in [1.82, 2.24) is 14.6 Å². The maximum Gasteiger partial charge on any atom is 0.272 e. The van der Waals surface area contributed by atoms with Gasteiger partial charge in [0.05, 0.1) is 16.8 Å². The fourth-order valence-electron chi connectivity index (χ4n) is 3.83. The second kappa shape index (κ2) is 7.84. The number of para-hydroxylation sites is 1. The van der Waals surface area contributed by atoms with Gasteiger partial charge in [-0.1, -0.05) is 29.8 Å². The van der Waals surface area contributed by atoms with Gasteiger partial charge in [0.2, 0.25) is 0 Å². The Morgan fingerprint density at radius 2 is 1.73 bits per heavy atom. The Hall–Kier alpha value is -3.31. The third-order valence-electron chi connectivity index (χ3n) is 5.53. The Labute approximate surface area is 180 Å². The minimum Gasteiger partial charge on any atom is -0.347 e. The van der Waals surface area contributed by atoms with Gasteiger partial charge >= 0.3 is 0 Å². The predicted octanol–water partition coefficient (Wildman–Crippen LogP) is 5.31. The lowest BCUT2D eigenvalue weighted by molar-refractivity contribution is 0.0955. The first-order valence-corrected chi connectivity index (χ1v) is 10.1. The summed E-state index contributed by atoms with van der Waals surface area (Å²) in [6, 6.07) is 17.6. The Morgan fingerprint density at radius 3 is 2.47 bits per heavy atom. The molecule has 0 aliphatic rings. The van der Waals surface area contributed by atoms with Crippen LogP contribution >= 0.6 is 11.6 Å². The van der Waals surface area contributed by atoms with Crippen LogP contribution in [0, 0.1) is 20.8 Å². The average Bonchev–Trinajstić information content (AvgIpc) is 3.20. The Balaban J connectivity index is 1.61. The number of hydrazone groups is 1. The molecule has 0 fully saturated rings. The van der Waals surface area contributed by atoms with Crippen LogP contribution in [0.2, 0.25) is 5.02 Å². The van der Waals surface area contributed by atoms with E-state index in [0.717, 1.165) is 39.2 Å². The highest BCUT2D eigenvalue weighted by Crippen LogP contribution is 2.24. The van der Waals surface area contributed by atoms with Gasteiger partial charge in [-0.05, 0) is 57.2 Å². The summed E-state index contributed by atoms with van der Waals surface area (Å²) < 4.78 is 4.19. The summed E-state index contributed by atoms with van der Waals surface area (Å²) in [6.07, 6.45) is 1.69. The Kier molecular flexibility index (Phi) is 5.22. The van der Waals surface area contributed by atoms with Crippen molar-refractivity contribution in [3.05, 3.63) is 87.8 Å². The van der Waals surface area contributed by atoms with E-state index in [2.05, 4.69) is 25.7 Å². The van der Waals surface area contributed by atoms with Crippen molar-refractivity contribution in [2.75, 3.05) is 0 Å². The van der Waals surface area contributed by atoms with Crippen molar-refractivity contribution in [2.24, 2.45) is 12.1 Å². The van der Waals surface area contributed by atoms with Gasteiger partial charge in [0.25, 0.3) is 5.91 Å². The summed E-state index contributed by atoms with van der Waals surface area (Å²) in [7, 11) is 2.02. The lowest BCUT2D eigenvalue weighted by atomic mass is 10.1. The van der Waals surface area contributed by atoms with Gasteiger partial charge in [-0.2, -0.15) is 5.10 Å². The fraction of sp³-hybridized carbons (Fsp3) is 0.167. The standard InChI is InChI=1S/C24H23ClN4O/c1-15-9-10-16(2)29(15)18-11-12-22(25)20(13-18)24(30)27-26-14-21-17(3)28(4)23-8-6-5-7-19(21)23/h5-14H,1-4H3,(H,27,30). The number of benzene rings is 2. The maximum atomic E-state index is 12.8. The highest BCUT2D eigenvalue weighted by molar-refractivity contribution is 6.33. The molecule has 4 aromatic rings. The Bertz CT molecular complexity index is 1280. The van der Waals surface area contributed by atoms with E-state index in [9.17, 15) is 4.79 Å². The lowest BCUT2D eigenvalue weighted by Crippen LogP contribution is -2.18. The number of carbonyl (C=O) groups is 1. The van der Waals surface area contributed by atoms with Gasteiger partial charge in [-0.25, -0.2) is 5.43 Å². The van der Waals surface area contributed by atoms with Gasteiger partial charge in [0.1, 0.15) is 0 Å². The molecule has 1 amide bonds. The van der Waals surface area contributed by atoms with Crippen molar-refractivity contribution in [2.45, 2.75) is 20.8 Å². The number of amides is 1. The first-order valence-electron chi connectivity index (χ1n) is 9.70. The number of hydrogen-bond acceptors (Lipinski definition) is 2. The van der Waals surface area contributed by atoms with Crippen LogP contribution in [0.3, 0.4) is 0 Å². The minimum absolute atomic E-state index is 0.349. The van der Waals surface area contributed by atoms with Gasteiger partial charge in [-0.3, -0.25) is 4.79 Å². The third kappa shape index (κ3) is 3.42. The molecule has 2 aromatic carbocycles. The molecule has 0 radical (unpaired) electrons. The smallest absolute Gasteiger partial charge is 0.272 e. The maximum absolute atomic E-state index is 12.8. The zero-order valence-corrected chi connectivity index (χ0v) is 18.2. The molecule has 0 saturated carbocycles. The SMILES string of the molecule is Cc1ccc(C)n1-c1ccc(Cl)c(C(=O)NN=Cc2c(C)n(C)c3ccccc23)c1. The van der Waals surface area contributed by atoms with Crippen LogP contribution in [0.5, 0.6) is 0 Å². The van der Waals surface area contributed by atoms with E-state index in [1.807, 2.05) is 64.2 Å². The normalized spacial score (nSPS) is 11.5. The monoisotopic (exact) mass is 418 g/mol. The first kappa shape index (κ1) is 20.0. The number of nitrogens with zero attached hydrogens (tertiary/aromatic N) is 3. The molecule has 4 rings (SSSR count). The molecular formula is C24H23ClN4O. The number of nitrogens with one attached hydrogen (secondary N) is 1. The zero-order valence-electron chi connectivity index (χ0n) is 17.4. The molecule has 0 saturated heterocycles. The van der Waals surface area contributed by atoms with Crippen molar-refractivity contribution in [1.29, 1.82) is 0 Å². The quantitative estimate of drug-likeness (QED) is 0.354. The molecule has 2 heterocycles. The molecular weight excluding hydrogens is 396 g/mol. The van der Waals surface area contributed by atoms with E-state index >= 15 is 0 Å². The summed E-state index contributed by atoms with van der Waals surface area (Å²) in [5.41, 5.74) is 9.24. The lowest BCUT2D eigenvalue weighted by Gasteiger charge is -2.12. The summed E-state index contributed by atoms with van der Waals surface area (Å²) in [6.45, 7) is 6.08. The number of aryl methyl sites for hydroxylation is 3. The second-order valence-electron chi connectivity index (χ2n) is 7.39. The van der Waals surface area contributed by atoms with Crippen LogP contribution in [0.15, 0.2) is 59.7 Å². The van der Waals surface area contributed by atoms with E-state index in [1.165, 1.54) is 0 Å². The van der Waals surface area contributed by atoms with Gasteiger partial charge in [0, 0.05) is 46.3 Å². The summed E-state index contributed by atoms with van der Waals surface area (Å²) in [5, 5.41) is 5.68. The Morgan fingerprint density at radius 1 is 1.03 bits per heavy atom. The van der Waals surface area contributed by atoms with Crippen LogP contribution in [-0.4, -0.2) is 21.3 Å². The minimum atomic E-state index is -0.349. The zero-order chi connectivity index (χ0) is 21.4. The van der Waals surface area contributed by atoms with E-state index < -0.39 is 0 Å². The highest BCUT2D eigenvalue weighted by Gasteiger charge is 2.14. The first-order chi connectivity index (χ1) is 14.4.